The first kappa shape index (κ1) is 27.6. The Labute approximate surface area is 216 Å². The van der Waals surface area contributed by atoms with E-state index in [1.54, 1.807) is 12.1 Å². The van der Waals surface area contributed by atoms with Gasteiger partial charge in [0.15, 0.2) is 0 Å². The molecular formula is C30H42N2O4. The van der Waals surface area contributed by atoms with Crippen LogP contribution in [0.5, 0.6) is 5.75 Å². The average Bonchev–Trinajstić information content (AvgIpc) is 2.91. The van der Waals surface area contributed by atoms with Gasteiger partial charge in [-0.25, -0.2) is 4.79 Å². The molecule has 2 aromatic rings. The first-order valence-corrected chi connectivity index (χ1v) is 13.6. The number of esters is 1. The van der Waals surface area contributed by atoms with Crippen LogP contribution < -0.4 is 15.0 Å². The average molecular weight is 495 g/mol. The number of benzene rings is 2. The van der Waals surface area contributed by atoms with Crippen LogP contribution in [0.3, 0.4) is 0 Å². The molecule has 196 valence electrons. The van der Waals surface area contributed by atoms with E-state index >= 15 is 0 Å². The zero-order chi connectivity index (χ0) is 25.8. The predicted octanol–water partition coefficient (Wildman–Crippen LogP) is 6.23. The highest BCUT2D eigenvalue weighted by molar-refractivity contribution is 5.93. The van der Waals surface area contributed by atoms with Crippen molar-refractivity contribution in [1.29, 1.82) is 0 Å². The van der Waals surface area contributed by atoms with Gasteiger partial charge in [0.1, 0.15) is 11.3 Å². The van der Waals surface area contributed by atoms with Crippen LogP contribution in [0, 0.1) is 0 Å². The van der Waals surface area contributed by atoms with Gasteiger partial charge < -0.3 is 19.7 Å². The van der Waals surface area contributed by atoms with E-state index in [-0.39, 0.29) is 18.4 Å². The van der Waals surface area contributed by atoms with Crippen molar-refractivity contribution in [1.82, 2.24) is 5.32 Å². The third kappa shape index (κ3) is 7.74. The Balaban J connectivity index is 1.75. The van der Waals surface area contributed by atoms with Crippen LogP contribution in [0.4, 0.5) is 5.69 Å². The van der Waals surface area contributed by atoms with E-state index in [4.69, 9.17) is 9.47 Å². The largest absolute Gasteiger partial charge is 0.493 e. The van der Waals surface area contributed by atoms with E-state index in [0.29, 0.717) is 24.5 Å². The lowest BCUT2D eigenvalue weighted by atomic mass is 9.97. The summed E-state index contributed by atoms with van der Waals surface area (Å²) >= 11 is 0. The van der Waals surface area contributed by atoms with Crippen LogP contribution in [-0.2, 0) is 16.0 Å². The van der Waals surface area contributed by atoms with Crippen LogP contribution in [0.15, 0.2) is 42.5 Å². The number of rotatable bonds is 13. The monoisotopic (exact) mass is 494 g/mol. The molecule has 0 spiro atoms. The molecule has 1 heterocycles. The van der Waals surface area contributed by atoms with Crippen LogP contribution >= 0.6 is 0 Å². The molecule has 2 aromatic carbocycles. The van der Waals surface area contributed by atoms with Gasteiger partial charge in [0.2, 0.25) is 5.91 Å². The number of carbonyl (C=O) groups is 2. The van der Waals surface area contributed by atoms with Crippen molar-refractivity contribution in [2.75, 3.05) is 31.2 Å². The number of amides is 1. The van der Waals surface area contributed by atoms with E-state index < -0.39 is 5.97 Å². The number of hydrogen-bond acceptors (Lipinski definition) is 5. The zero-order valence-electron chi connectivity index (χ0n) is 22.2. The molecule has 1 aliphatic rings. The van der Waals surface area contributed by atoms with E-state index in [9.17, 15) is 9.59 Å². The smallest absolute Gasteiger partial charge is 0.341 e. The molecule has 0 bridgehead atoms. The van der Waals surface area contributed by atoms with E-state index in [1.807, 2.05) is 19.9 Å². The van der Waals surface area contributed by atoms with Gasteiger partial charge in [0.05, 0.1) is 25.7 Å². The van der Waals surface area contributed by atoms with Crippen molar-refractivity contribution in [3.8, 4) is 5.75 Å². The summed E-state index contributed by atoms with van der Waals surface area (Å²) in [6.45, 7) is 9.12. The SMILES string of the molecule is CCCOC(=O)c1ccc(CC(=O)N[C@H](CCC)c2ccccc2N2CCCCC2)cc1OCCC. The van der Waals surface area contributed by atoms with Crippen molar-refractivity contribution in [3.05, 3.63) is 59.2 Å². The van der Waals surface area contributed by atoms with Crippen molar-refractivity contribution in [2.45, 2.75) is 78.2 Å². The minimum atomic E-state index is -0.392. The number of nitrogens with zero attached hydrogens (tertiary/aromatic N) is 1. The Kier molecular flexibility index (Phi) is 11.1. The fourth-order valence-corrected chi connectivity index (χ4v) is 4.68. The summed E-state index contributed by atoms with van der Waals surface area (Å²) in [5.74, 6) is 0.0461. The standard InChI is InChI=1S/C30H42N2O4/c1-4-12-26(24-13-8-9-14-27(24)32-17-10-7-11-18-32)31-29(33)22-23-15-16-25(30(34)36-20-6-3)28(21-23)35-19-5-2/h8-9,13-16,21,26H,4-7,10-12,17-20,22H2,1-3H3,(H,31,33)/t26-/m1/s1. The summed E-state index contributed by atoms with van der Waals surface area (Å²) in [6, 6.07) is 13.8. The molecule has 1 fully saturated rings. The summed E-state index contributed by atoms with van der Waals surface area (Å²) in [5.41, 5.74) is 3.64. The van der Waals surface area contributed by atoms with E-state index in [1.165, 1.54) is 30.5 Å². The van der Waals surface area contributed by atoms with Gasteiger partial charge in [0.25, 0.3) is 0 Å². The highest BCUT2D eigenvalue weighted by Crippen LogP contribution is 2.31. The second-order valence-corrected chi connectivity index (χ2v) is 9.51. The van der Waals surface area contributed by atoms with Gasteiger partial charge in [-0.2, -0.15) is 0 Å². The molecule has 3 rings (SSSR count). The molecule has 6 heteroatoms. The predicted molar refractivity (Wildman–Crippen MR) is 145 cm³/mol. The lowest BCUT2D eigenvalue weighted by molar-refractivity contribution is -0.121. The normalized spacial score (nSPS) is 14.2. The Morgan fingerprint density at radius 3 is 2.42 bits per heavy atom. The van der Waals surface area contributed by atoms with Crippen molar-refractivity contribution in [2.24, 2.45) is 0 Å². The highest BCUT2D eigenvalue weighted by atomic mass is 16.5. The van der Waals surface area contributed by atoms with Crippen LogP contribution in [0.1, 0.15) is 93.2 Å². The first-order valence-electron chi connectivity index (χ1n) is 13.6. The van der Waals surface area contributed by atoms with Crippen LogP contribution in [0.2, 0.25) is 0 Å². The first-order chi connectivity index (χ1) is 17.6. The Hall–Kier alpha value is -3.02. The summed E-state index contributed by atoms with van der Waals surface area (Å²) < 4.78 is 11.1. The maximum absolute atomic E-state index is 13.2. The number of carbonyl (C=O) groups excluding carboxylic acids is 2. The molecule has 1 atom stereocenters. The zero-order valence-corrected chi connectivity index (χ0v) is 22.2. The maximum Gasteiger partial charge on any atom is 0.341 e. The summed E-state index contributed by atoms with van der Waals surface area (Å²) in [7, 11) is 0. The fraction of sp³-hybridized carbons (Fsp3) is 0.533. The van der Waals surface area contributed by atoms with Gasteiger partial charge in [0, 0.05) is 18.8 Å². The van der Waals surface area contributed by atoms with Crippen molar-refractivity contribution < 1.29 is 19.1 Å². The topological polar surface area (TPSA) is 67.9 Å². The fourth-order valence-electron chi connectivity index (χ4n) is 4.68. The molecule has 1 amide bonds. The summed E-state index contributed by atoms with van der Waals surface area (Å²) in [4.78, 5) is 28.1. The number of para-hydroxylation sites is 1. The third-order valence-corrected chi connectivity index (χ3v) is 6.45. The maximum atomic E-state index is 13.2. The number of ether oxygens (including phenoxy) is 2. The minimum Gasteiger partial charge on any atom is -0.493 e. The van der Waals surface area contributed by atoms with Crippen molar-refractivity contribution in [3.63, 3.8) is 0 Å². The summed E-state index contributed by atoms with van der Waals surface area (Å²) in [6.07, 6.45) is 7.36. The Bertz CT molecular complexity index is 985. The minimum absolute atomic E-state index is 0.0374. The van der Waals surface area contributed by atoms with Crippen molar-refractivity contribution >= 4 is 17.6 Å². The number of piperidine rings is 1. The molecule has 0 radical (unpaired) electrons. The van der Waals surface area contributed by atoms with E-state index in [0.717, 1.165) is 44.3 Å². The lowest BCUT2D eigenvalue weighted by Crippen LogP contribution is -2.34. The molecule has 0 aliphatic carbocycles. The van der Waals surface area contributed by atoms with Crippen LogP contribution in [0.25, 0.3) is 0 Å². The molecule has 0 saturated carbocycles. The van der Waals surface area contributed by atoms with Gasteiger partial charge in [-0.1, -0.05) is 51.5 Å². The molecule has 1 aliphatic heterocycles. The van der Waals surface area contributed by atoms with Crippen LogP contribution in [-0.4, -0.2) is 38.2 Å². The quantitative estimate of drug-likeness (QED) is 0.334. The second-order valence-electron chi connectivity index (χ2n) is 9.51. The number of anilines is 1. The molecule has 36 heavy (non-hydrogen) atoms. The Morgan fingerprint density at radius 2 is 1.69 bits per heavy atom. The van der Waals surface area contributed by atoms with Gasteiger partial charge >= 0.3 is 5.97 Å². The molecule has 0 aromatic heterocycles. The Morgan fingerprint density at radius 1 is 0.944 bits per heavy atom. The molecule has 1 N–H and O–H groups in total. The highest BCUT2D eigenvalue weighted by Gasteiger charge is 2.22. The number of hydrogen-bond donors (Lipinski definition) is 1. The summed E-state index contributed by atoms with van der Waals surface area (Å²) in [5, 5.41) is 3.29. The third-order valence-electron chi connectivity index (χ3n) is 6.45. The lowest BCUT2D eigenvalue weighted by Gasteiger charge is -2.32. The molecule has 1 saturated heterocycles. The van der Waals surface area contributed by atoms with Gasteiger partial charge in [-0.05, 0) is 67.9 Å². The van der Waals surface area contributed by atoms with E-state index in [2.05, 4.69) is 41.4 Å². The second kappa shape index (κ2) is 14.5. The molecule has 6 nitrogen and oxygen atoms in total. The number of nitrogens with one attached hydrogen (secondary N) is 1. The van der Waals surface area contributed by atoms with Gasteiger partial charge in [-0.3, -0.25) is 4.79 Å². The molecular weight excluding hydrogens is 452 g/mol. The van der Waals surface area contributed by atoms with Gasteiger partial charge in [-0.15, -0.1) is 0 Å². The molecule has 0 unspecified atom stereocenters.